The number of nitrogens with one attached hydrogen (secondary N) is 2. The summed E-state index contributed by atoms with van der Waals surface area (Å²) in [6.45, 7) is 2.90. The normalized spacial score (nSPS) is 16.3. The molecule has 4 aromatic heterocycles. The summed E-state index contributed by atoms with van der Waals surface area (Å²) >= 11 is 0. The molecular weight excluding hydrogens is 418 g/mol. The Morgan fingerprint density at radius 3 is 3.03 bits per heavy atom. The van der Waals surface area contributed by atoms with E-state index in [2.05, 4.69) is 31.5 Å². The molecular formula is C24H25N7O2. The lowest BCUT2D eigenvalue weighted by atomic mass is 10.1. The Balaban J connectivity index is 1.29. The SMILES string of the molecule is C/C=C/C(=O)N1CCC[C@H]1C(=O)NCCc1cc2c(-c3cnn4ncccc34)ccnc2[nH]1. The summed E-state index contributed by atoms with van der Waals surface area (Å²) in [6.07, 6.45) is 10.7. The molecule has 2 amide bonds. The Bertz CT molecular complexity index is 1350. The number of allylic oxidation sites excluding steroid dienone is 1. The Hall–Kier alpha value is -4.01. The van der Waals surface area contributed by atoms with Gasteiger partial charge in [0.25, 0.3) is 0 Å². The van der Waals surface area contributed by atoms with Gasteiger partial charge in [-0.25, -0.2) is 4.98 Å². The molecule has 0 aliphatic carbocycles. The summed E-state index contributed by atoms with van der Waals surface area (Å²) in [5, 5.41) is 12.6. The van der Waals surface area contributed by atoms with Gasteiger partial charge in [-0.2, -0.15) is 14.8 Å². The van der Waals surface area contributed by atoms with Gasteiger partial charge in [-0.15, -0.1) is 0 Å². The molecule has 1 fully saturated rings. The number of aromatic amines is 1. The third-order valence-electron chi connectivity index (χ3n) is 6.02. The van der Waals surface area contributed by atoms with Crippen LogP contribution in [0.2, 0.25) is 0 Å². The van der Waals surface area contributed by atoms with Crippen molar-refractivity contribution in [2.24, 2.45) is 0 Å². The molecule has 9 heteroatoms. The van der Waals surface area contributed by atoms with Crippen LogP contribution in [-0.4, -0.2) is 60.6 Å². The number of likely N-dealkylation sites (tertiary alicyclic amines) is 1. The lowest BCUT2D eigenvalue weighted by molar-refractivity contribution is -0.135. The van der Waals surface area contributed by atoms with E-state index in [4.69, 9.17) is 0 Å². The van der Waals surface area contributed by atoms with Crippen LogP contribution in [-0.2, 0) is 16.0 Å². The summed E-state index contributed by atoms with van der Waals surface area (Å²) in [5.41, 5.74) is 4.71. The highest BCUT2D eigenvalue weighted by molar-refractivity contribution is 5.97. The molecule has 0 aromatic carbocycles. The molecule has 1 aliphatic rings. The van der Waals surface area contributed by atoms with Crippen molar-refractivity contribution < 1.29 is 9.59 Å². The van der Waals surface area contributed by atoms with Crippen molar-refractivity contribution in [2.45, 2.75) is 32.2 Å². The Labute approximate surface area is 190 Å². The van der Waals surface area contributed by atoms with Gasteiger partial charge in [0.15, 0.2) is 0 Å². The van der Waals surface area contributed by atoms with Gasteiger partial charge in [0.1, 0.15) is 11.7 Å². The van der Waals surface area contributed by atoms with Crippen molar-refractivity contribution in [3.8, 4) is 11.1 Å². The van der Waals surface area contributed by atoms with Gasteiger partial charge >= 0.3 is 0 Å². The van der Waals surface area contributed by atoms with Crippen molar-refractivity contribution in [3.05, 3.63) is 60.7 Å². The highest BCUT2D eigenvalue weighted by Gasteiger charge is 2.32. The average Bonchev–Trinajstić information content (AvgIpc) is 3.56. The second-order valence-corrected chi connectivity index (χ2v) is 8.10. The predicted molar refractivity (Wildman–Crippen MR) is 124 cm³/mol. The van der Waals surface area contributed by atoms with Crippen LogP contribution < -0.4 is 5.32 Å². The first-order valence-electron chi connectivity index (χ1n) is 11.1. The number of nitrogens with zero attached hydrogens (tertiary/aromatic N) is 5. The minimum absolute atomic E-state index is 0.0980. The van der Waals surface area contributed by atoms with Crippen molar-refractivity contribution in [2.75, 3.05) is 13.1 Å². The monoisotopic (exact) mass is 443 g/mol. The maximum Gasteiger partial charge on any atom is 0.246 e. The highest BCUT2D eigenvalue weighted by Crippen LogP contribution is 2.30. The van der Waals surface area contributed by atoms with E-state index in [-0.39, 0.29) is 11.8 Å². The minimum Gasteiger partial charge on any atom is -0.354 e. The van der Waals surface area contributed by atoms with Crippen LogP contribution in [0.4, 0.5) is 0 Å². The van der Waals surface area contributed by atoms with Crippen LogP contribution in [0.1, 0.15) is 25.5 Å². The summed E-state index contributed by atoms with van der Waals surface area (Å²) in [4.78, 5) is 34.4. The summed E-state index contributed by atoms with van der Waals surface area (Å²) < 4.78 is 1.61. The summed E-state index contributed by atoms with van der Waals surface area (Å²) in [7, 11) is 0. The molecule has 4 aromatic rings. The number of carbonyl (C=O) groups excluding carboxylic acids is 2. The van der Waals surface area contributed by atoms with E-state index in [1.807, 2.05) is 24.4 Å². The van der Waals surface area contributed by atoms with Gasteiger partial charge in [-0.1, -0.05) is 6.08 Å². The van der Waals surface area contributed by atoms with Crippen LogP contribution in [0, 0.1) is 0 Å². The van der Waals surface area contributed by atoms with Gasteiger partial charge in [-0.05, 0) is 55.7 Å². The van der Waals surface area contributed by atoms with Gasteiger partial charge in [0.2, 0.25) is 11.8 Å². The first-order chi connectivity index (χ1) is 16.2. The molecule has 0 unspecified atom stereocenters. The molecule has 1 aliphatic heterocycles. The number of carbonyl (C=O) groups is 2. The fraction of sp³-hybridized carbons (Fsp3) is 0.292. The van der Waals surface area contributed by atoms with Crippen LogP contribution >= 0.6 is 0 Å². The van der Waals surface area contributed by atoms with Crippen LogP contribution in [0.15, 0.2) is 55.0 Å². The Morgan fingerprint density at radius 2 is 2.15 bits per heavy atom. The van der Waals surface area contributed by atoms with E-state index < -0.39 is 6.04 Å². The zero-order valence-corrected chi connectivity index (χ0v) is 18.4. The smallest absolute Gasteiger partial charge is 0.246 e. The standard InChI is InChI=1S/C24H25N7O2/c1-2-5-22(32)30-13-4-7-21(30)24(33)26-11-8-16-14-18-17(9-12-25-23(18)29-16)19-15-28-31-20(19)6-3-10-27-31/h2-3,5-6,9-10,12,14-15,21H,4,7-8,11,13H2,1H3,(H,25,29)(H,26,33)/b5-2+/t21-/m0/s1. The van der Waals surface area contributed by atoms with Crippen LogP contribution in [0.25, 0.3) is 27.7 Å². The Morgan fingerprint density at radius 1 is 1.24 bits per heavy atom. The first-order valence-corrected chi connectivity index (χ1v) is 11.1. The average molecular weight is 444 g/mol. The van der Waals surface area contributed by atoms with Gasteiger partial charge in [0, 0.05) is 48.5 Å². The van der Waals surface area contributed by atoms with Crippen molar-refractivity contribution in [3.63, 3.8) is 0 Å². The lowest BCUT2D eigenvalue weighted by Crippen LogP contribution is -2.45. The molecule has 168 valence electrons. The topological polar surface area (TPSA) is 108 Å². The highest BCUT2D eigenvalue weighted by atomic mass is 16.2. The number of pyridine rings is 1. The van der Waals surface area contributed by atoms with E-state index in [1.54, 1.807) is 34.9 Å². The van der Waals surface area contributed by atoms with Crippen molar-refractivity contribution in [1.82, 2.24) is 35.0 Å². The van der Waals surface area contributed by atoms with E-state index in [0.29, 0.717) is 25.9 Å². The van der Waals surface area contributed by atoms with E-state index in [1.165, 1.54) is 6.08 Å². The molecule has 5 heterocycles. The van der Waals surface area contributed by atoms with Crippen LogP contribution in [0.3, 0.4) is 0 Å². The fourth-order valence-electron chi connectivity index (χ4n) is 4.47. The predicted octanol–water partition coefficient (Wildman–Crippen LogP) is 2.50. The van der Waals surface area contributed by atoms with Gasteiger partial charge < -0.3 is 15.2 Å². The largest absolute Gasteiger partial charge is 0.354 e. The quantitative estimate of drug-likeness (QED) is 0.445. The molecule has 33 heavy (non-hydrogen) atoms. The van der Waals surface area contributed by atoms with Crippen molar-refractivity contribution >= 4 is 28.4 Å². The number of H-pyrrole nitrogens is 1. The molecule has 5 rings (SSSR count). The fourth-order valence-corrected chi connectivity index (χ4v) is 4.47. The number of aromatic nitrogens is 5. The Kier molecular flexibility index (Phi) is 5.60. The maximum atomic E-state index is 12.7. The van der Waals surface area contributed by atoms with Gasteiger partial charge in [-0.3, -0.25) is 9.59 Å². The molecule has 2 N–H and O–H groups in total. The number of hydrogen-bond donors (Lipinski definition) is 2. The molecule has 1 atom stereocenters. The molecule has 1 saturated heterocycles. The number of rotatable bonds is 6. The van der Waals surface area contributed by atoms with Gasteiger partial charge in [0.05, 0.1) is 11.7 Å². The minimum atomic E-state index is -0.395. The second kappa shape index (κ2) is 8.85. The molecule has 0 spiro atoms. The number of hydrogen-bond acceptors (Lipinski definition) is 5. The van der Waals surface area contributed by atoms with E-state index in [9.17, 15) is 9.59 Å². The molecule has 0 radical (unpaired) electrons. The molecule has 0 bridgehead atoms. The second-order valence-electron chi connectivity index (χ2n) is 8.10. The molecule has 9 nitrogen and oxygen atoms in total. The van der Waals surface area contributed by atoms with E-state index >= 15 is 0 Å². The number of fused-ring (bicyclic) bond motifs is 2. The maximum absolute atomic E-state index is 12.7. The first kappa shape index (κ1) is 20.9. The zero-order valence-electron chi connectivity index (χ0n) is 18.4. The summed E-state index contributed by atoms with van der Waals surface area (Å²) in [6, 6.07) is 7.53. The summed E-state index contributed by atoms with van der Waals surface area (Å²) in [5.74, 6) is -0.202. The van der Waals surface area contributed by atoms with Crippen LogP contribution in [0.5, 0.6) is 0 Å². The lowest BCUT2D eigenvalue weighted by Gasteiger charge is -2.22. The number of amides is 2. The third-order valence-corrected chi connectivity index (χ3v) is 6.02. The zero-order chi connectivity index (χ0) is 22.8. The third kappa shape index (κ3) is 3.97. The van der Waals surface area contributed by atoms with Crippen molar-refractivity contribution in [1.29, 1.82) is 0 Å². The van der Waals surface area contributed by atoms with E-state index in [0.717, 1.165) is 39.8 Å². The molecule has 0 saturated carbocycles.